The van der Waals surface area contributed by atoms with Crippen molar-refractivity contribution in [3.63, 3.8) is 0 Å². The molecule has 0 aromatic heterocycles. The van der Waals surface area contributed by atoms with E-state index in [0.717, 1.165) is 0 Å². The third-order valence-corrected chi connectivity index (χ3v) is 4.73. The Kier molecular flexibility index (Phi) is 6.36. The molecule has 2 aromatic carbocycles. The molecule has 9 heteroatoms. The van der Waals surface area contributed by atoms with Crippen LogP contribution >= 0.6 is 23.2 Å². The van der Waals surface area contributed by atoms with Gasteiger partial charge in [-0.2, -0.15) is 8.78 Å². The molecule has 1 aliphatic heterocycles. The smallest absolute Gasteiger partial charge is 0.387 e. The lowest BCUT2D eigenvalue weighted by Gasteiger charge is -2.17. The molecule has 5 nitrogen and oxygen atoms in total. The number of alkyl halides is 2. The van der Waals surface area contributed by atoms with Gasteiger partial charge in [-0.3, -0.25) is 9.59 Å². The van der Waals surface area contributed by atoms with Crippen molar-refractivity contribution in [2.75, 3.05) is 11.4 Å². The molecule has 0 bridgehead atoms. The van der Waals surface area contributed by atoms with Crippen molar-refractivity contribution in [2.45, 2.75) is 19.6 Å². The third kappa shape index (κ3) is 4.91. The van der Waals surface area contributed by atoms with Gasteiger partial charge in [0.05, 0.1) is 0 Å². The second-order valence-corrected chi connectivity index (χ2v) is 7.07. The lowest BCUT2D eigenvalue weighted by Crippen LogP contribution is -2.36. The van der Waals surface area contributed by atoms with Crippen molar-refractivity contribution in [1.29, 1.82) is 0 Å². The third-order valence-electron chi connectivity index (χ3n) is 4.30. The second kappa shape index (κ2) is 8.75. The largest absolute Gasteiger partial charge is 0.435 e. The predicted molar refractivity (Wildman–Crippen MR) is 102 cm³/mol. The minimum atomic E-state index is -2.89. The minimum absolute atomic E-state index is 0.0341. The van der Waals surface area contributed by atoms with Crippen molar-refractivity contribution in [1.82, 2.24) is 5.32 Å². The molecule has 148 valence electrons. The number of ether oxygens (including phenoxy) is 1. The van der Waals surface area contributed by atoms with Crippen molar-refractivity contribution in [2.24, 2.45) is 5.92 Å². The highest BCUT2D eigenvalue weighted by molar-refractivity contribution is 6.35. The lowest BCUT2D eigenvalue weighted by atomic mass is 10.1. The molecule has 0 saturated carbocycles. The summed E-state index contributed by atoms with van der Waals surface area (Å²) in [6.07, 6.45) is 0.371. The van der Waals surface area contributed by atoms with E-state index in [4.69, 9.17) is 23.2 Å². The molecule has 0 radical (unpaired) electrons. The Morgan fingerprint density at radius 3 is 2.43 bits per heavy atom. The number of carbonyl (C=O) groups excluding carboxylic acids is 2. The molecule has 0 aliphatic carbocycles. The molecular weight excluding hydrogens is 413 g/mol. The Bertz CT molecular complexity index is 858. The Balaban J connectivity index is 1.58. The maximum Gasteiger partial charge on any atom is 0.387 e. The monoisotopic (exact) mass is 428 g/mol. The van der Waals surface area contributed by atoms with E-state index in [2.05, 4.69) is 10.1 Å². The number of hydrogen-bond acceptors (Lipinski definition) is 3. The Morgan fingerprint density at radius 2 is 1.82 bits per heavy atom. The quantitative estimate of drug-likeness (QED) is 0.699. The van der Waals surface area contributed by atoms with E-state index in [1.54, 1.807) is 30.3 Å². The number of halogens is 4. The fourth-order valence-electron chi connectivity index (χ4n) is 2.98. The maximum atomic E-state index is 12.6. The molecule has 28 heavy (non-hydrogen) atoms. The normalized spacial score (nSPS) is 16.5. The highest BCUT2D eigenvalue weighted by atomic mass is 35.5. The molecule has 1 N–H and O–H groups in total. The van der Waals surface area contributed by atoms with E-state index in [0.29, 0.717) is 34.3 Å². The number of rotatable bonds is 6. The van der Waals surface area contributed by atoms with Gasteiger partial charge in [-0.25, -0.2) is 0 Å². The van der Waals surface area contributed by atoms with E-state index >= 15 is 0 Å². The Labute approximate surface area is 170 Å². The predicted octanol–water partition coefficient (Wildman–Crippen LogP) is 4.26. The average molecular weight is 429 g/mol. The highest BCUT2D eigenvalue weighted by Gasteiger charge is 2.37. The number of nitrogens with one attached hydrogen (secondary N) is 1. The van der Waals surface area contributed by atoms with Crippen LogP contribution in [0.3, 0.4) is 0 Å². The molecule has 1 aliphatic rings. The number of nitrogens with zero attached hydrogens (tertiary/aromatic N) is 1. The first-order valence-electron chi connectivity index (χ1n) is 8.42. The molecule has 2 aromatic rings. The summed E-state index contributed by atoms with van der Waals surface area (Å²) >= 11 is 12.0. The number of amides is 2. The molecule has 1 heterocycles. The van der Waals surface area contributed by atoms with Crippen molar-refractivity contribution in [3.8, 4) is 5.75 Å². The first-order chi connectivity index (χ1) is 13.3. The van der Waals surface area contributed by atoms with Crippen LogP contribution in [0.25, 0.3) is 0 Å². The number of anilines is 1. The van der Waals surface area contributed by atoms with Crippen molar-refractivity contribution < 1.29 is 23.1 Å². The van der Waals surface area contributed by atoms with Gasteiger partial charge in [0.1, 0.15) is 11.7 Å². The summed E-state index contributed by atoms with van der Waals surface area (Å²) in [5.41, 5.74) is 1.24. The van der Waals surface area contributed by atoms with Gasteiger partial charge in [0.25, 0.3) is 0 Å². The van der Waals surface area contributed by atoms with Crippen LogP contribution in [0.1, 0.15) is 12.0 Å². The summed E-state index contributed by atoms with van der Waals surface area (Å²) in [4.78, 5) is 26.5. The van der Waals surface area contributed by atoms with Crippen LogP contribution in [0.4, 0.5) is 14.5 Å². The van der Waals surface area contributed by atoms with Crippen molar-refractivity contribution >= 4 is 40.7 Å². The van der Waals surface area contributed by atoms with E-state index in [1.165, 1.54) is 17.0 Å². The van der Waals surface area contributed by atoms with Crippen molar-refractivity contribution in [3.05, 3.63) is 58.1 Å². The standard InChI is InChI=1S/C19H16Cl2F2N2O3/c20-12-7-13(21)9-14(8-12)25-6-5-16(18(25)27)17(26)24-10-11-1-3-15(4-2-11)28-19(22)23/h1-4,7-9,16,19H,5-6,10H2,(H,24,26). The number of carbonyl (C=O) groups is 2. The summed E-state index contributed by atoms with van der Waals surface area (Å²) in [5.74, 6) is -1.49. The van der Waals surface area contributed by atoms with E-state index in [1.807, 2.05) is 0 Å². The maximum absolute atomic E-state index is 12.6. The van der Waals surface area contributed by atoms with Crippen LogP contribution in [0.5, 0.6) is 5.75 Å². The summed E-state index contributed by atoms with van der Waals surface area (Å²) in [6, 6.07) is 10.7. The zero-order chi connectivity index (χ0) is 20.3. The molecule has 1 atom stereocenters. The SMILES string of the molecule is O=C(NCc1ccc(OC(F)F)cc1)C1CCN(c2cc(Cl)cc(Cl)c2)C1=O. The van der Waals surface area contributed by atoms with Crippen LogP contribution in [0.2, 0.25) is 10.0 Å². The van der Waals surface area contributed by atoms with Gasteiger partial charge in [0.2, 0.25) is 11.8 Å². The van der Waals surface area contributed by atoms with Gasteiger partial charge < -0.3 is 15.0 Å². The second-order valence-electron chi connectivity index (χ2n) is 6.20. The van der Waals surface area contributed by atoms with Crippen LogP contribution in [-0.2, 0) is 16.1 Å². The Hall–Kier alpha value is -2.38. The van der Waals surface area contributed by atoms with E-state index in [9.17, 15) is 18.4 Å². The molecule has 1 fully saturated rings. The molecule has 1 saturated heterocycles. The molecule has 2 amide bonds. The summed E-state index contributed by atoms with van der Waals surface area (Å²) in [5, 5.41) is 3.51. The van der Waals surface area contributed by atoms with Crippen LogP contribution < -0.4 is 15.0 Å². The average Bonchev–Trinajstić information content (AvgIpc) is 3.01. The van der Waals surface area contributed by atoms with Gasteiger partial charge in [-0.05, 0) is 42.3 Å². The fourth-order valence-corrected chi connectivity index (χ4v) is 3.49. The summed E-state index contributed by atoms with van der Waals surface area (Å²) in [7, 11) is 0. The number of hydrogen-bond donors (Lipinski definition) is 1. The highest BCUT2D eigenvalue weighted by Crippen LogP contribution is 2.30. The van der Waals surface area contributed by atoms with Gasteiger partial charge in [0, 0.05) is 28.8 Å². The number of benzene rings is 2. The minimum Gasteiger partial charge on any atom is -0.435 e. The molecule has 3 rings (SSSR count). The first-order valence-corrected chi connectivity index (χ1v) is 9.18. The first kappa shape index (κ1) is 20.4. The zero-order valence-electron chi connectivity index (χ0n) is 14.5. The van der Waals surface area contributed by atoms with E-state index < -0.39 is 18.4 Å². The zero-order valence-corrected chi connectivity index (χ0v) is 16.0. The topological polar surface area (TPSA) is 58.6 Å². The fraction of sp³-hybridized carbons (Fsp3) is 0.263. The lowest BCUT2D eigenvalue weighted by molar-refractivity contribution is -0.132. The summed E-state index contributed by atoms with van der Waals surface area (Å²) in [6.45, 7) is -2.34. The van der Waals surface area contributed by atoms with Crippen LogP contribution in [0.15, 0.2) is 42.5 Å². The molecular formula is C19H16Cl2F2N2O3. The van der Waals surface area contributed by atoms with Crippen LogP contribution in [-0.4, -0.2) is 25.0 Å². The molecule has 0 spiro atoms. The molecule has 1 unspecified atom stereocenters. The summed E-state index contributed by atoms with van der Waals surface area (Å²) < 4.78 is 28.6. The van der Waals surface area contributed by atoms with Gasteiger partial charge in [0.15, 0.2) is 0 Å². The Morgan fingerprint density at radius 1 is 1.18 bits per heavy atom. The van der Waals surface area contributed by atoms with Gasteiger partial charge in [-0.15, -0.1) is 0 Å². The van der Waals surface area contributed by atoms with E-state index in [-0.39, 0.29) is 18.2 Å². The van der Waals surface area contributed by atoms with Crippen LogP contribution in [0, 0.1) is 5.92 Å². The van der Waals surface area contributed by atoms with Gasteiger partial charge in [-0.1, -0.05) is 35.3 Å². The van der Waals surface area contributed by atoms with Gasteiger partial charge >= 0.3 is 6.61 Å².